The summed E-state index contributed by atoms with van der Waals surface area (Å²) in [6, 6.07) is 1.73. The minimum absolute atomic E-state index is 0.389. The minimum Gasteiger partial charge on any atom is -0.466 e. The number of pyridine rings is 1. The van der Waals surface area contributed by atoms with Crippen LogP contribution in [0.1, 0.15) is 11.1 Å². The van der Waals surface area contributed by atoms with Crippen molar-refractivity contribution in [1.82, 2.24) is 4.98 Å². The first-order valence-corrected chi connectivity index (χ1v) is 4.39. The quantitative estimate of drug-likeness (QED) is 0.428. The molecule has 0 radical (unpaired) electrons. The molecule has 14 heavy (non-hydrogen) atoms. The van der Waals surface area contributed by atoms with Crippen LogP contribution in [-0.2, 0) is 9.53 Å². The second-order valence-corrected chi connectivity index (χ2v) is 3.11. The zero-order chi connectivity index (χ0) is 10.6. The third-order valence-corrected chi connectivity index (χ3v) is 1.92. The SMILES string of the molecule is COC(=O)C=Cc1cnc(Cl)cc1C. The molecule has 0 saturated heterocycles. The molecular formula is C10H10ClNO2. The molecule has 1 aromatic rings. The fourth-order valence-electron chi connectivity index (χ4n) is 0.933. The topological polar surface area (TPSA) is 39.2 Å². The summed E-state index contributed by atoms with van der Waals surface area (Å²) in [6.45, 7) is 1.89. The maximum absolute atomic E-state index is 10.8. The molecule has 0 aromatic carbocycles. The van der Waals surface area contributed by atoms with Gasteiger partial charge in [-0.15, -0.1) is 0 Å². The highest BCUT2D eigenvalue weighted by Gasteiger charge is 1.97. The summed E-state index contributed by atoms with van der Waals surface area (Å²) < 4.78 is 4.46. The van der Waals surface area contributed by atoms with Crippen molar-refractivity contribution in [3.05, 3.63) is 34.6 Å². The van der Waals surface area contributed by atoms with E-state index >= 15 is 0 Å². The fraction of sp³-hybridized carbons (Fsp3) is 0.200. The van der Waals surface area contributed by atoms with Crippen molar-refractivity contribution in [3.8, 4) is 0 Å². The minimum atomic E-state index is -0.389. The number of carbonyl (C=O) groups is 1. The van der Waals surface area contributed by atoms with E-state index in [0.29, 0.717) is 5.15 Å². The van der Waals surface area contributed by atoms with Gasteiger partial charge in [-0.2, -0.15) is 0 Å². The van der Waals surface area contributed by atoms with Gasteiger partial charge in [-0.25, -0.2) is 9.78 Å². The van der Waals surface area contributed by atoms with Crippen LogP contribution in [0.5, 0.6) is 0 Å². The van der Waals surface area contributed by atoms with E-state index in [-0.39, 0.29) is 5.97 Å². The molecule has 0 bridgehead atoms. The standard InChI is InChI=1S/C10H10ClNO2/c1-7-5-9(11)12-6-8(7)3-4-10(13)14-2/h3-6H,1-2H3. The lowest BCUT2D eigenvalue weighted by Gasteiger charge is -1.99. The number of aromatic nitrogens is 1. The van der Waals surface area contributed by atoms with Crippen LogP contribution in [0, 0.1) is 6.92 Å². The fourth-order valence-corrected chi connectivity index (χ4v) is 1.15. The number of esters is 1. The summed E-state index contributed by atoms with van der Waals surface area (Å²) in [5, 5.41) is 0.442. The lowest BCUT2D eigenvalue weighted by molar-refractivity contribution is -0.134. The normalized spacial score (nSPS) is 10.5. The molecule has 1 rings (SSSR count). The first kappa shape index (κ1) is 10.7. The van der Waals surface area contributed by atoms with Crippen molar-refractivity contribution in [1.29, 1.82) is 0 Å². The Morgan fingerprint density at radius 2 is 2.36 bits per heavy atom. The molecule has 0 amide bonds. The van der Waals surface area contributed by atoms with Crippen LogP contribution in [0.25, 0.3) is 6.08 Å². The molecule has 1 heterocycles. The van der Waals surface area contributed by atoms with E-state index in [9.17, 15) is 4.79 Å². The first-order chi connectivity index (χ1) is 6.63. The van der Waals surface area contributed by atoms with Crippen LogP contribution in [0.3, 0.4) is 0 Å². The van der Waals surface area contributed by atoms with Gasteiger partial charge in [0, 0.05) is 12.3 Å². The average molecular weight is 212 g/mol. The Hall–Kier alpha value is -1.35. The lowest BCUT2D eigenvalue weighted by Crippen LogP contribution is -1.94. The number of aryl methyl sites for hydroxylation is 1. The zero-order valence-electron chi connectivity index (χ0n) is 7.95. The van der Waals surface area contributed by atoms with Crippen LogP contribution in [0.4, 0.5) is 0 Å². The second-order valence-electron chi connectivity index (χ2n) is 2.72. The molecule has 74 valence electrons. The van der Waals surface area contributed by atoms with Gasteiger partial charge in [0.25, 0.3) is 0 Å². The summed E-state index contributed by atoms with van der Waals surface area (Å²) in [7, 11) is 1.33. The van der Waals surface area contributed by atoms with Crippen molar-refractivity contribution in [2.45, 2.75) is 6.92 Å². The second kappa shape index (κ2) is 4.77. The van der Waals surface area contributed by atoms with Gasteiger partial charge in [-0.05, 0) is 30.2 Å². The number of methoxy groups -OCH3 is 1. The highest BCUT2D eigenvalue weighted by Crippen LogP contribution is 2.13. The van der Waals surface area contributed by atoms with Gasteiger partial charge in [-0.3, -0.25) is 0 Å². The van der Waals surface area contributed by atoms with E-state index in [2.05, 4.69) is 9.72 Å². The Bertz CT molecular complexity index is 374. The van der Waals surface area contributed by atoms with Crippen LogP contribution in [0.15, 0.2) is 18.3 Å². The number of rotatable bonds is 2. The van der Waals surface area contributed by atoms with E-state index in [1.165, 1.54) is 13.2 Å². The molecular weight excluding hydrogens is 202 g/mol. The predicted molar refractivity (Wildman–Crippen MR) is 55.0 cm³/mol. The number of carbonyl (C=O) groups excluding carboxylic acids is 1. The van der Waals surface area contributed by atoms with E-state index in [4.69, 9.17) is 11.6 Å². The number of halogens is 1. The molecule has 0 aliphatic rings. The van der Waals surface area contributed by atoms with Gasteiger partial charge in [-0.1, -0.05) is 11.6 Å². The largest absolute Gasteiger partial charge is 0.466 e. The van der Waals surface area contributed by atoms with Gasteiger partial charge < -0.3 is 4.74 Å². The van der Waals surface area contributed by atoms with Crippen LogP contribution in [0.2, 0.25) is 5.15 Å². The summed E-state index contributed by atoms with van der Waals surface area (Å²) in [5.41, 5.74) is 1.81. The average Bonchev–Trinajstić information content (AvgIpc) is 2.16. The highest BCUT2D eigenvalue weighted by molar-refractivity contribution is 6.29. The van der Waals surface area contributed by atoms with Gasteiger partial charge in [0.2, 0.25) is 0 Å². The maximum Gasteiger partial charge on any atom is 0.330 e. The smallest absolute Gasteiger partial charge is 0.330 e. The van der Waals surface area contributed by atoms with Crippen LogP contribution in [-0.4, -0.2) is 18.1 Å². The van der Waals surface area contributed by atoms with Crippen molar-refractivity contribution in [2.75, 3.05) is 7.11 Å². The van der Waals surface area contributed by atoms with E-state index < -0.39 is 0 Å². The number of ether oxygens (including phenoxy) is 1. The molecule has 0 unspecified atom stereocenters. The van der Waals surface area contributed by atoms with Crippen molar-refractivity contribution in [3.63, 3.8) is 0 Å². The number of nitrogens with zero attached hydrogens (tertiary/aromatic N) is 1. The molecule has 0 atom stereocenters. The van der Waals surface area contributed by atoms with E-state index in [1.54, 1.807) is 18.3 Å². The molecule has 0 aliphatic carbocycles. The van der Waals surface area contributed by atoms with Crippen molar-refractivity contribution >= 4 is 23.6 Å². The number of hydrogen-bond acceptors (Lipinski definition) is 3. The Morgan fingerprint density at radius 1 is 1.64 bits per heavy atom. The summed E-state index contributed by atoms with van der Waals surface area (Å²) in [4.78, 5) is 14.7. The number of hydrogen-bond donors (Lipinski definition) is 0. The van der Waals surface area contributed by atoms with E-state index in [1.807, 2.05) is 6.92 Å². The third kappa shape index (κ3) is 2.85. The summed E-state index contributed by atoms with van der Waals surface area (Å²) >= 11 is 5.68. The van der Waals surface area contributed by atoms with Gasteiger partial charge in [0.15, 0.2) is 0 Å². The molecule has 1 aromatic heterocycles. The Kier molecular flexibility index (Phi) is 3.65. The molecule has 4 heteroatoms. The molecule has 0 aliphatic heterocycles. The summed E-state index contributed by atoms with van der Waals surface area (Å²) in [5.74, 6) is -0.389. The molecule has 0 N–H and O–H groups in total. The van der Waals surface area contributed by atoms with Crippen LogP contribution < -0.4 is 0 Å². The lowest BCUT2D eigenvalue weighted by atomic mass is 10.1. The van der Waals surface area contributed by atoms with Gasteiger partial charge >= 0.3 is 5.97 Å². The Labute approximate surface area is 87.4 Å². The van der Waals surface area contributed by atoms with Gasteiger partial charge in [0.1, 0.15) is 5.15 Å². The summed E-state index contributed by atoms with van der Waals surface area (Å²) in [6.07, 6.45) is 4.60. The van der Waals surface area contributed by atoms with Crippen molar-refractivity contribution in [2.24, 2.45) is 0 Å². The Balaban J connectivity index is 2.87. The van der Waals surface area contributed by atoms with Gasteiger partial charge in [0.05, 0.1) is 7.11 Å². The molecule has 3 nitrogen and oxygen atoms in total. The molecule has 0 fully saturated rings. The third-order valence-electron chi connectivity index (χ3n) is 1.72. The van der Waals surface area contributed by atoms with E-state index in [0.717, 1.165) is 11.1 Å². The first-order valence-electron chi connectivity index (χ1n) is 4.01. The van der Waals surface area contributed by atoms with Crippen LogP contribution >= 0.6 is 11.6 Å². The van der Waals surface area contributed by atoms with Crippen molar-refractivity contribution < 1.29 is 9.53 Å². The zero-order valence-corrected chi connectivity index (χ0v) is 8.71. The monoisotopic (exact) mass is 211 g/mol. The maximum atomic E-state index is 10.8. The molecule has 0 spiro atoms. The Morgan fingerprint density at radius 3 is 2.93 bits per heavy atom. The highest BCUT2D eigenvalue weighted by atomic mass is 35.5. The predicted octanol–water partition coefficient (Wildman–Crippen LogP) is 2.23. The molecule has 0 saturated carbocycles.